The van der Waals surface area contributed by atoms with Crippen molar-refractivity contribution in [2.45, 2.75) is 31.8 Å². The average molecular weight is 231 g/mol. The number of carbonyl (C=O) groups is 1. The van der Waals surface area contributed by atoms with Gasteiger partial charge in [-0.1, -0.05) is 36.4 Å². The molecule has 3 heteroatoms. The molecule has 0 aromatic heterocycles. The first-order chi connectivity index (χ1) is 8.24. The SMILES string of the molecule is O=C(O)Cc1ccc(CNC2CC=CC2)cc1. The van der Waals surface area contributed by atoms with Gasteiger partial charge in [-0.3, -0.25) is 4.79 Å². The van der Waals surface area contributed by atoms with Crippen LogP contribution in [0.25, 0.3) is 0 Å². The molecule has 0 fully saturated rings. The Hall–Kier alpha value is -1.61. The predicted octanol–water partition coefficient (Wildman–Crippen LogP) is 2.12. The van der Waals surface area contributed by atoms with Crippen molar-refractivity contribution in [3.8, 4) is 0 Å². The second-order valence-electron chi connectivity index (χ2n) is 4.41. The minimum Gasteiger partial charge on any atom is -0.481 e. The van der Waals surface area contributed by atoms with E-state index in [-0.39, 0.29) is 6.42 Å². The summed E-state index contributed by atoms with van der Waals surface area (Å²) in [6, 6.07) is 8.32. The molecule has 3 nitrogen and oxygen atoms in total. The third kappa shape index (κ3) is 3.71. The molecule has 1 aliphatic rings. The normalized spacial score (nSPS) is 15.3. The molecule has 1 aromatic rings. The average Bonchev–Trinajstić information content (AvgIpc) is 2.80. The first-order valence-electron chi connectivity index (χ1n) is 5.92. The Morgan fingerprint density at radius 1 is 1.18 bits per heavy atom. The zero-order valence-electron chi connectivity index (χ0n) is 9.73. The molecule has 0 saturated heterocycles. The van der Waals surface area contributed by atoms with Crippen LogP contribution in [-0.4, -0.2) is 17.1 Å². The highest BCUT2D eigenvalue weighted by molar-refractivity contribution is 5.70. The molecule has 0 unspecified atom stereocenters. The molecule has 0 atom stereocenters. The van der Waals surface area contributed by atoms with Crippen molar-refractivity contribution >= 4 is 5.97 Å². The van der Waals surface area contributed by atoms with E-state index in [1.54, 1.807) is 0 Å². The number of aliphatic carboxylic acids is 1. The van der Waals surface area contributed by atoms with E-state index in [2.05, 4.69) is 17.5 Å². The van der Waals surface area contributed by atoms with Gasteiger partial charge in [0.05, 0.1) is 6.42 Å². The van der Waals surface area contributed by atoms with E-state index < -0.39 is 5.97 Å². The Bertz CT molecular complexity index is 401. The van der Waals surface area contributed by atoms with Crippen molar-refractivity contribution in [2.75, 3.05) is 0 Å². The summed E-state index contributed by atoms with van der Waals surface area (Å²) < 4.78 is 0. The number of benzene rings is 1. The molecule has 17 heavy (non-hydrogen) atoms. The molecule has 1 aliphatic carbocycles. The van der Waals surface area contributed by atoms with Gasteiger partial charge in [-0.25, -0.2) is 0 Å². The fourth-order valence-corrected chi connectivity index (χ4v) is 2.00. The Balaban J connectivity index is 1.82. The van der Waals surface area contributed by atoms with Gasteiger partial charge < -0.3 is 10.4 Å². The smallest absolute Gasteiger partial charge is 0.307 e. The van der Waals surface area contributed by atoms with Crippen molar-refractivity contribution in [3.05, 3.63) is 47.5 Å². The Morgan fingerprint density at radius 3 is 2.35 bits per heavy atom. The monoisotopic (exact) mass is 231 g/mol. The van der Waals surface area contributed by atoms with Crippen molar-refractivity contribution in [2.24, 2.45) is 0 Å². The second-order valence-corrected chi connectivity index (χ2v) is 4.41. The maximum Gasteiger partial charge on any atom is 0.307 e. The van der Waals surface area contributed by atoms with Crippen LogP contribution in [0.4, 0.5) is 0 Å². The van der Waals surface area contributed by atoms with Gasteiger partial charge in [0.25, 0.3) is 0 Å². The van der Waals surface area contributed by atoms with Gasteiger partial charge in [0.1, 0.15) is 0 Å². The highest BCUT2D eigenvalue weighted by atomic mass is 16.4. The molecule has 0 saturated carbocycles. The number of hydrogen-bond acceptors (Lipinski definition) is 2. The summed E-state index contributed by atoms with van der Waals surface area (Å²) in [6.45, 7) is 0.847. The van der Waals surface area contributed by atoms with Crippen molar-refractivity contribution in [3.63, 3.8) is 0 Å². The molecule has 0 amide bonds. The summed E-state index contributed by atoms with van der Waals surface area (Å²) in [5.74, 6) is -0.784. The number of hydrogen-bond donors (Lipinski definition) is 2. The molecule has 0 aliphatic heterocycles. The van der Waals surface area contributed by atoms with E-state index in [1.807, 2.05) is 24.3 Å². The lowest BCUT2D eigenvalue weighted by Crippen LogP contribution is -2.25. The standard InChI is InChI=1S/C14H17NO2/c16-14(17)9-11-5-7-12(8-6-11)10-15-13-3-1-2-4-13/h1-2,5-8,13,15H,3-4,9-10H2,(H,16,17). The minimum absolute atomic E-state index is 0.0975. The van der Waals surface area contributed by atoms with Crippen LogP contribution < -0.4 is 5.32 Å². The van der Waals surface area contributed by atoms with Gasteiger partial charge in [0, 0.05) is 12.6 Å². The summed E-state index contributed by atoms with van der Waals surface area (Å²) in [5.41, 5.74) is 2.05. The van der Waals surface area contributed by atoms with Gasteiger partial charge in [0.2, 0.25) is 0 Å². The first-order valence-corrected chi connectivity index (χ1v) is 5.92. The highest BCUT2D eigenvalue weighted by Gasteiger charge is 2.08. The molecular formula is C14H17NO2. The fraction of sp³-hybridized carbons (Fsp3) is 0.357. The van der Waals surface area contributed by atoms with Gasteiger partial charge in [0.15, 0.2) is 0 Å². The minimum atomic E-state index is -0.784. The lowest BCUT2D eigenvalue weighted by Gasteiger charge is -2.11. The van der Waals surface area contributed by atoms with Crippen LogP contribution in [0, 0.1) is 0 Å². The highest BCUT2D eigenvalue weighted by Crippen LogP contribution is 2.11. The van der Waals surface area contributed by atoms with Gasteiger partial charge in [-0.2, -0.15) is 0 Å². The summed E-state index contributed by atoms with van der Waals surface area (Å²) >= 11 is 0. The predicted molar refractivity (Wildman–Crippen MR) is 66.8 cm³/mol. The third-order valence-electron chi connectivity index (χ3n) is 2.98. The molecule has 1 aromatic carbocycles. The van der Waals surface area contributed by atoms with Crippen molar-refractivity contribution < 1.29 is 9.90 Å². The van der Waals surface area contributed by atoms with Crippen LogP contribution in [0.1, 0.15) is 24.0 Å². The Morgan fingerprint density at radius 2 is 1.76 bits per heavy atom. The Kier molecular flexibility index (Phi) is 3.94. The second kappa shape index (κ2) is 5.64. The molecule has 0 bridgehead atoms. The first kappa shape index (κ1) is 11.9. The summed E-state index contributed by atoms with van der Waals surface area (Å²) in [5, 5.41) is 12.1. The summed E-state index contributed by atoms with van der Waals surface area (Å²) in [6.07, 6.45) is 6.72. The molecule has 2 rings (SSSR count). The quantitative estimate of drug-likeness (QED) is 0.763. The van der Waals surface area contributed by atoms with Crippen LogP contribution in [0.15, 0.2) is 36.4 Å². The Labute approximate surface area is 101 Å². The summed E-state index contributed by atoms with van der Waals surface area (Å²) in [4.78, 5) is 10.5. The van der Waals surface area contributed by atoms with Gasteiger partial charge in [-0.05, 0) is 24.0 Å². The molecule has 0 heterocycles. The maximum absolute atomic E-state index is 10.5. The third-order valence-corrected chi connectivity index (χ3v) is 2.98. The fourth-order valence-electron chi connectivity index (χ4n) is 2.00. The topological polar surface area (TPSA) is 49.3 Å². The zero-order valence-corrected chi connectivity index (χ0v) is 9.73. The molecule has 0 spiro atoms. The van der Waals surface area contributed by atoms with Gasteiger partial charge >= 0.3 is 5.97 Å². The van der Waals surface area contributed by atoms with Crippen LogP contribution >= 0.6 is 0 Å². The largest absolute Gasteiger partial charge is 0.481 e. The van der Waals surface area contributed by atoms with E-state index in [0.29, 0.717) is 6.04 Å². The molecule has 2 N–H and O–H groups in total. The number of carboxylic acid groups (broad SMARTS) is 1. The van der Waals surface area contributed by atoms with Gasteiger partial charge in [-0.15, -0.1) is 0 Å². The lowest BCUT2D eigenvalue weighted by atomic mass is 10.1. The molecular weight excluding hydrogens is 214 g/mol. The summed E-state index contributed by atoms with van der Waals surface area (Å²) in [7, 11) is 0. The van der Waals surface area contributed by atoms with Crippen LogP contribution in [-0.2, 0) is 17.8 Å². The van der Waals surface area contributed by atoms with E-state index in [4.69, 9.17) is 5.11 Å². The number of carboxylic acids is 1. The van der Waals surface area contributed by atoms with Crippen LogP contribution in [0.5, 0.6) is 0 Å². The zero-order chi connectivity index (χ0) is 12.1. The van der Waals surface area contributed by atoms with Crippen molar-refractivity contribution in [1.82, 2.24) is 5.32 Å². The van der Waals surface area contributed by atoms with Crippen LogP contribution in [0.3, 0.4) is 0 Å². The van der Waals surface area contributed by atoms with E-state index in [9.17, 15) is 4.79 Å². The maximum atomic E-state index is 10.5. The number of rotatable bonds is 5. The van der Waals surface area contributed by atoms with Crippen LogP contribution in [0.2, 0.25) is 0 Å². The van der Waals surface area contributed by atoms with E-state index in [0.717, 1.165) is 24.9 Å². The number of nitrogens with one attached hydrogen (secondary N) is 1. The molecule has 90 valence electrons. The van der Waals surface area contributed by atoms with E-state index >= 15 is 0 Å². The molecule has 0 radical (unpaired) electrons. The van der Waals surface area contributed by atoms with Crippen molar-refractivity contribution in [1.29, 1.82) is 0 Å². The van der Waals surface area contributed by atoms with E-state index in [1.165, 1.54) is 5.56 Å². The lowest BCUT2D eigenvalue weighted by molar-refractivity contribution is -0.136.